The lowest BCUT2D eigenvalue weighted by Crippen LogP contribution is -2.44. The van der Waals surface area contributed by atoms with E-state index >= 15 is 0 Å². The molecule has 118 valence electrons. The summed E-state index contributed by atoms with van der Waals surface area (Å²) in [7, 11) is 0. The van der Waals surface area contributed by atoms with Gasteiger partial charge in [-0.1, -0.05) is 0 Å². The van der Waals surface area contributed by atoms with Gasteiger partial charge in [0.25, 0.3) is 0 Å². The summed E-state index contributed by atoms with van der Waals surface area (Å²) in [5.74, 6) is 0. The minimum atomic E-state index is -0.437. The van der Waals surface area contributed by atoms with Crippen LogP contribution in [0.25, 0.3) is 0 Å². The molecule has 2 rings (SSSR count). The van der Waals surface area contributed by atoms with Gasteiger partial charge in [-0.05, 0) is 40.5 Å². The first-order chi connectivity index (χ1) is 9.87. The molecule has 0 saturated carbocycles. The summed E-state index contributed by atoms with van der Waals surface area (Å²) in [5, 5.41) is 3.50. The van der Waals surface area contributed by atoms with Crippen LogP contribution in [-0.4, -0.2) is 40.7 Å². The van der Waals surface area contributed by atoms with E-state index < -0.39 is 5.60 Å². The van der Waals surface area contributed by atoms with Gasteiger partial charge in [-0.25, -0.2) is 4.79 Å². The minimum Gasteiger partial charge on any atom is -0.444 e. The smallest absolute Gasteiger partial charge is 0.410 e. The van der Waals surface area contributed by atoms with Gasteiger partial charge >= 0.3 is 6.09 Å². The van der Waals surface area contributed by atoms with Gasteiger partial charge in [-0.2, -0.15) is 0 Å². The van der Waals surface area contributed by atoms with Gasteiger partial charge in [0.05, 0.1) is 5.51 Å². The van der Waals surface area contributed by atoms with Gasteiger partial charge in [0.2, 0.25) is 0 Å². The highest BCUT2D eigenvalue weighted by Gasteiger charge is 2.32. The van der Waals surface area contributed by atoms with Crippen molar-refractivity contribution in [1.82, 2.24) is 15.2 Å². The molecule has 1 N–H and O–H groups in total. The van der Waals surface area contributed by atoms with Crippen molar-refractivity contribution >= 4 is 17.4 Å². The molecule has 0 bridgehead atoms. The second-order valence-corrected chi connectivity index (χ2v) is 7.42. The molecule has 1 aliphatic heterocycles. The molecule has 0 aliphatic carbocycles. The summed E-state index contributed by atoms with van der Waals surface area (Å²) in [4.78, 5) is 19.4. The maximum atomic E-state index is 12.2. The first-order valence-electron chi connectivity index (χ1n) is 7.48. The number of likely N-dealkylation sites (tertiary alicyclic amines) is 1. The van der Waals surface area contributed by atoms with Crippen molar-refractivity contribution in [2.75, 3.05) is 13.1 Å². The Kier molecular flexibility index (Phi) is 5.22. The highest BCUT2D eigenvalue weighted by molar-refractivity contribution is 7.09. The van der Waals surface area contributed by atoms with Crippen molar-refractivity contribution in [3.63, 3.8) is 0 Å². The third-order valence-electron chi connectivity index (χ3n) is 3.54. The summed E-state index contributed by atoms with van der Waals surface area (Å²) in [6.07, 6.45) is 3.77. The summed E-state index contributed by atoms with van der Waals surface area (Å²) in [5.41, 5.74) is 1.41. The summed E-state index contributed by atoms with van der Waals surface area (Å²) >= 11 is 1.65. The number of hydrogen-bond donors (Lipinski definition) is 1. The fraction of sp³-hybridized carbons (Fsp3) is 0.733. The van der Waals surface area contributed by atoms with E-state index in [0.717, 1.165) is 25.9 Å². The van der Waals surface area contributed by atoms with Gasteiger partial charge in [-0.15, -0.1) is 11.3 Å². The SMILES string of the molecule is CC(NCC1CCCN1C(=O)OC(C)(C)C)c1cncs1. The molecule has 1 saturated heterocycles. The van der Waals surface area contributed by atoms with E-state index in [-0.39, 0.29) is 18.2 Å². The molecular formula is C15H25N3O2S. The number of hydrogen-bond acceptors (Lipinski definition) is 5. The molecule has 5 nitrogen and oxygen atoms in total. The van der Waals surface area contributed by atoms with Crippen LogP contribution in [0.4, 0.5) is 4.79 Å². The number of ether oxygens (including phenoxy) is 1. The van der Waals surface area contributed by atoms with E-state index in [1.807, 2.05) is 37.4 Å². The van der Waals surface area contributed by atoms with E-state index in [1.165, 1.54) is 4.88 Å². The van der Waals surface area contributed by atoms with Crippen molar-refractivity contribution in [3.05, 3.63) is 16.6 Å². The van der Waals surface area contributed by atoms with Crippen molar-refractivity contribution in [3.8, 4) is 0 Å². The molecular weight excluding hydrogens is 286 g/mol. The molecule has 0 aromatic carbocycles. The average Bonchev–Trinajstić information content (AvgIpc) is 3.04. The zero-order valence-electron chi connectivity index (χ0n) is 13.3. The first kappa shape index (κ1) is 16.2. The largest absolute Gasteiger partial charge is 0.444 e. The predicted molar refractivity (Wildman–Crippen MR) is 84.5 cm³/mol. The highest BCUT2D eigenvalue weighted by Crippen LogP contribution is 2.22. The van der Waals surface area contributed by atoms with E-state index in [0.29, 0.717) is 0 Å². The molecule has 1 amide bonds. The Morgan fingerprint density at radius 3 is 3.00 bits per heavy atom. The second kappa shape index (κ2) is 6.75. The maximum Gasteiger partial charge on any atom is 0.410 e. The molecule has 1 aromatic heterocycles. The Morgan fingerprint density at radius 2 is 2.38 bits per heavy atom. The lowest BCUT2D eigenvalue weighted by molar-refractivity contribution is 0.0225. The van der Waals surface area contributed by atoms with Crippen LogP contribution in [0.1, 0.15) is 51.5 Å². The molecule has 21 heavy (non-hydrogen) atoms. The first-order valence-corrected chi connectivity index (χ1v) is 8.36. The Labute approximate surface area is 130 Å². The average molecular weight is 311 g/mol. The summed E-state index contributed by atoms with van der Waals surface area (Å²) in [6.45, 7) is 9.41. The van der Waals surface area contributed by atoms with Crippen molar-refractivity contribution in [1.29, 1.82) is 0 Å². The molecule has 1 fully saturated rings. The lowest BCUT2D eigenvalue weighted by Gasteiger charge is -2.29. The van der Waals surface area contributed by atoms with Crippen LogP contribution in [0, 0.1) is 0 Å². The maximum absolute atomic E-state index is 12.2. The Balaban J connectivity index is 1.86. The van der Waals surface area contributed by atoms with Gasteiger partial charge in [0.15, 0.2) is 0 Å². The monoisotopic (exact) mass is 311 g/mol. The fourth-order valence-corrected chi connectivity index (χ4v) is 3.11. The second-order valence-electron chi connectivity index (χ2n) is 6.50. The van der Waals surface area contributed by atoms with Crippen LogP contribution < -0.4 is 5.32 Å². The van der Waals surface area contributed by atoms with Crippen LogP contribution in [0.3, 0.4) is 0 Å². The third kappa shape index (κ3) is 4.68. The molecule has 0 spiro atoms. The van der Waals surface area contributed by atoms with E-state index in [1.54, 1.807) is 11.3 Å². The van der Waals surface area contributed by atoms with Crippen LogP contribution >= 0.6 is 11.3 Å². The van der Waals surface area contributed by atoms with Crippen molar-refractivity contribution < 1.29 is 9.53 Å². The number of rotatable bonds is 4. The number of nitrogens with zero attached hydrogens (tertiary/aromatic N) is 2. The summed E-state index contributed by atoms with van der Waals surface area (Å²) < 4.78 is 5.48. The molecule has 2 heterocycles. The van der Waals surface area contributed by atoms with E-state index in [2.05, 4.69) is 17.2 Å². The normalized spacial score (nSPS) is 20.6. The third-order valence-corrected chi connectivity index (χ3v) is 4.50. The van der Waals surface area contributed by atoms with E-state index in [4.69, 9.17) is 4.74 Å². The number of carbonyl (C=O) groups excluding carboxylic acids is 1. The molecule has 1 aliphatic rings. The van der Waals surface area contributed by atoms with Gasteiger partial charge in [-0.3, -0.25) is 4.98 Å². The number of thiazole rings is 1. The number of aromatic nitrogens is 1. The topological polar surface area (TPSA) is 54.5 Å². The van der Waals surface area contributed by atoms with Gasteiger partial charge in [0.1, 0.15) is 5.60 Å². The fourth-order valence-electron chi connectivity index (χ4n) is 2.46. The quantitative estimate of drug-likeness (QED) is 0.928. The van der Waals surface area contributed by atoms with Crippen molar-refractivity contribution in [2.24, 2.45) is 0 Å². The molecule has 2 unspecified atom stereocenters. The van der Waals surface area contributed by atoms with Crippen molar-refractivity contribution in [2.45, 2.75) is 58.2 Å². The zero-order chi connectivity index (χ0) is 15.5. The Hall–Kier alpha value is -1.14. The van der Waals surface area contributed by atoms with Crippen LogP contribution in [-0.2, 0) is 4.74 Å². The molecule has 1 aromatic rings. The Morgan fingerprint density at radius 1 is 1.62 bits per heavy atom. The summed E-state index contributed by atoms with van der Waals surface area (Å²) in [6, 6.07) is 0.480. The highest BCUT2D eigenvalue weighted by atomic mass is 32.1. The van der Waals surface area contributed by atoms with Gasteiger partial charge in [0, 0.05) is 36.2 Å². The van der Waals surface area contributed by atoms with Gasteiger partial charge < -0.3 is 15.0 Å². The molecule has 2 atom stereocenters. The van der Waals surface area contributed by atoms with Crippen LogP contribution in [0.5, 0.6) is 0 Å². The lowest BCUT2D eigenvalue weighted by atomic mass is 10.2. The minimum absolute atomic E-state index is 0.197. The van der Waals surface area contributed by atoms with Crippen LogP contribution in [0.2, 0.25) is 0 Å². The number of nitrogens with one attached hydrogen (secondary N) is 1. The standard InChI is InChI=1S/C15H25N3O2S/c1-11(13-9-16-10-21-13)17-8-12-6-5-7-18(12)14(19)20-15(2,3)4/h9-12,17H,5-8H2,1-4H3. The van der Waals surface area contributed by atoms with Crippen LogP contribution in [0.15, 0.2) is 11.7 Å². The van der Waals surface area contributed by atoms with E-state index in [9.17, 15) is 4.79 Å². The predicted octanol–water partition coefficient (Wildman–Crippen LogP) is 3.19. The zero-order valence-corrected chi connectivity index (χ0v) is 14.1. The Bertz CT molecular complexity index is 456. The number of carbonyl (C=O) groups is 1. The molecule has 6 heteroatoms. The number of amides is 1. The molecule has 0 radical (unpaired) electrons.